The van der Waals surface area contributed by atoms with Crippen LogP contribution in [-0.2, 0) is 90.1 Å². The van der Waals surface area contributed by atoms with Gasteiger partial charge in [0, 0.05) is 13.8 Å². The zero-order valence-corrected chi connectivity index (χ0v) is 56.2. The van der Waals surface area contributed by atoms with E-state index in [4.69, 9.17) is 80.5 Å². The van der Waals surface area contributed by atoms with Gasteiger partial charge in [0.2, 0.25) is 11.8 Å². The summed E-state index contributed by atoms with van der Waals surface area (Å²) in [4.78, 5) is 25.0. The lowest BCUT2D eigenvalue weighted by Gasteiger charge is -2.51. The molecule has 0 radical (unpaired) electrons. The Kier molecular flexibility index (Phi) is 31.1. The highest BCUT2D eigenvalue weighted by molar-refractivity contribution is 5.73. The van der Waals surface area contributed by atoms with Gasteiger partial charge in [-0.15, -0.1) is 0 Å². The van der Waals surface area contributed by atoms with Crippen molar-refractivity contribution in [1.82, 2.24) is 10.6 Å². The molecule has 9 rings (SSSR count). The Bertz CT molecular complexity index is 2710. The summed E-state index contributed by atoms with van der Waals surface area (Å²) in [7, 11) is 0. The molecule has 0 aromatic rings. The molecular weight excluding hydrogens is 1460 g/mol. The third-order valence-electron chi connectivity index (χ3n) is 19.5. The summed E-state index contributed by atoms with van der Waals surface area (Å²) in [6.45, 7) is -7.77. The number of aliphatic hydroxyl groups is 27. The monoisotopic (exact) mass is 1560 g/mol. The Morgan fingerprint density at radius 1 is 0.245 bits per heavy atom. The first-order valence-electron chi connectivity index (χ1n) is 33.7. The first kappa shape index (κ1) is 87.2. The number of aliphatic hydroxyl groups excluding tert-OH is 27. The average molecular weight is 1560 g/mol. The number of carbonyl (C=O) groups excluding carboxylic acids is 2. The Balaban J connectivity index is 1.06. The SMILES string of the molecule is CC(=O)N[C@@H]1[C@H](O[C@H]2[C@@H](O)[C@H](NC(C)=O)[C@H](O)O[C@@H]2CO)O[C@H](CO)[C@@H](O[C@H]2O[C@H](CO[C@H]3O[C@@H](CO[C@H]4O[C@@H](CO)[C@@H](O)[C@H](O)[C@@H]4O)[C@@H](O)[C@H](O[C@H]4O[C@@H](CO)[C@@H](O)[C@H](O)[C@@H]4O[C@H]4O[C@@H](CO)C(O)[C@H](O)[C@@H]4O)[C@@H]3O)C(O)[C@H](O[C@H]3O[C@H](CO)[C@@H](O)[C@@H](O)[C@@H]3O[C@H]3O[C@@H](CO)[C@@H](O)[C@H](O)[C@H]3O)[C@H]2O)[C@H]1O. The molecule has 48 nitrogen and oxygen atoms in total. The van der Waals surface area contributed by atoms with Crippen molar-refractivity contribution < 1.29 is 228 Å². The molecule has 106 heavy (non-hydrogen) atoms. The quantitative estimate of drug-likeness (QED) is 0.0363. The summed E-state index contributed by atoms with van der Waals surface area (Å²) in [5, 5.41) is 301. The average Bonchev–Trinajstić information content (AvgIpc) is 0.769. The molecule has 9 heterocycles. The van der Waals surface area contributed by atoms with Crippen LogP contribution in [0.3, 0.4) is 0 Å². The second kappa shape index (κ2) is 37.9. The van der Waals surface area contributed by atoms with Gasteiger partial charge in [0.25, 0.3) is 0 Å². The predicted octanol–water partition coefficient (Wildman–Crippen LogP) is -20.3. The number of carbonyl (C=O) groups is 2. The van der Waals surface area contributed by atoms with Crippen molar-refractivity contribution in [3.8, 4) is 0 Å². The molecule has 9 saturated heterocycles. The van der Waals surface area contributed by atoms with Crippen molar-refractivity contribution in [2.75, 3.05) is 59.5 Å². The van der Waals surface area contributed by atoms with Crippen LogP contribution in [0.25, 0.3) is 0 Å². The van der Waals surface area contributed by atoms with Gasteiger partial charge in [-0.1, -0.05) is 0 Å². The van der Waals surface area contributed by atoms with E-state index >= 15 is 0 Å². The van der Waals surface area contributed by atoms with Gasteiger partial charge in [0.1, 0.15) is 220 Å². The number of rotatable bonds is 27. The van der Waals surface area contributed by atoms with Crippen LogP contribution >= 0.6 is 0 Å². The minimum Gasteiger partial charge on any atom is -0.394 e. The molecule has 2 unspecified atom stereocenters. The van der Waals surface area contributed by atoms with Gasteiger partial charge in [0.15, 0.2) is 56.6 Å². The van der Waals surface area contributed by atoms with E-state index in [1.807, 2.05) is 0 Å². The number of hydrogen-bond donors (Lipinski definition) is 29. The van der Waals surface area contributed by atoms with Crippen LogP contribution in [0.5, 0.6) is 0 Å². The zero-order valence-electron chi connectivity index (χ0n) is 56.2. The summed E-state index contributed by atoms with van der Waals surface area (Å²) in [6.07, 6.45) is -90.8. The third-order valence-corrected chi connectivity index (χ3v) is 19.5. The number of ether oxygens (including phenoxy) is 17. The van der Waals surface area contributed by atoms with Crippen LogP contribution in [-0.4, -0.2) is 485 Å². The molecule has 0 bridgehead atoms. The molecule has 0 aliphatic carbocycles. The number of nitrogens with one attached hydrogen (secondary N) is 2. The van der Waals surface area contributed by atoms with E-state index in [9.17, 15) is 147 Å². The third kappa shape index (κ3) is 18.7. The highest BCUT2D eigenvalue weighted by Gasteiger charge is 2.60. The lowest BCUT2D eigenvalue weighted by atomic mass is 9.94. The second-order valence-electron chi connectivity index (χ2n) is 26.7. The molecule has 0 aromatic heterocycles. The van der Waals surface area contributed by atoms with Gasteiger partial charge >= 0.3 is 0 Å². The molecule has 2 amide bonds. The smallest absolute Gasteiger partial charge is 0.217 e. The molecular formula is C58H98N2O46. The van der Waals surface area contributed by atoms with Crippen molar-refractivity contribution in [2.45, 2.75) is 290 Å². The Hall–Kier alpha value is -2.82. The van der Waals surface area contributed by atoms with E-state index in [0.717, 1.165) is 13.8 Å². The lowest BCUT2D eigenvalue weighted by Crippen LogP contribution is -2.70. The van der Waals surface area contributed by atoms with Gasteiger partial charge in [-0.25, -0.2) is 0 Å². The van der Waals surface area contributed by atoms with Crippen molar-refractivity contribution in [2.24, 2.45) is 0 Å². The molecule has 45 atom stereocenters. The van der Waals surface area contributed by atoms with Crippen LogP contribution < -0.4 is 10.6 Å². The molecule has 0 spiro atoms. The fourth-order valence-corrected chi connectivity index (χ4v) is 13.5. The predicted molar refractivity (Wildman–Crippen MR) is 320 cm³/mol. The first-order chi connectivity index (χ1) is 50.2. The Morgan fingerprint density at radius 3 is 0.906 bits per heavy atom. The first-order valence-corrected chi connectivity index (χ1v) is 33.7. The van der Waals surface area contributed by atoms with Gasteiger partial charge in [-0.05, 0) is 0 Å². The number of hydrogen-bond acceptors (Lipinski definition) is 46. The molecule has 9 aliphatic heterocycles. The largest absolute Gasteiger partial charge is 0.394 e. The summed E-state index contributed by atoms with van der Waals surface area (Å²) in [5.74, 6) is -1.72. The molecule has 29 N–H and O–H groups in total. The summed E-state index contributed by atoms with van der Waals surface area (Å²) >= 11 is 0. The minimum atomic E-state index is -2.55. The van der Waals surface area contributed by atoms with Crippen molar-refractivity contribution in [3.63, 3.8) is 0 Å². The maximum Gasteiger partial charge on any atom is 0.217 e. The topological polar surface area (TPSA) is 761 Å². The standard InChI is InChI=1S/C58H98N2O46/c1-12(68)59-23-32(77)44(19(8-66)92-50(23)89)101-51-24(60-13(2)69)33(78)45(20(9-67)98-51)102-56-43(88)47(104-58-49(38(83)29(74)18(7-65)97-58)106-55-41(86)36(81)27(72)16(5-63)95-55)31(76)22(100-56)11-91-53-42(87)46(30(75)21(99-53)10-90-52-39(84)34(79)25(70)14(3-61)93-52)103-57-48(37(82)28(73)17(6-64)96-57)105-54-40(85)35(80)26(71)15(4-62)94-54/h14-58,61-67,70-89H,3-11H2,1-2H3,(H,59,68)(H,60,69)/t14-,15-,16-,17-,18+,19+,20+,21-,22+,23-,24-,25+,26?,27+,28+,29+,30+,31?,32-,33-,34-,35-,36-,37-,38+,39-,40-,41+,42-,43+,44+,45+,46-,47-,48-,49-,50+,51-,52-,53-,54+,55+,56+,57+,58+/m0/s1. The highest BCUT2D eigenvalue weighted by atomic mass is 16.8. The van der Waals surface area contributed by atoms with Gasteiger partial charge in [-0.2, -0.15) is 0 Å². The maximum absolute atomic E-state index is 12.9. The molecule has 616 valence electrons. The summed E-state index contributed by atoms with van der Waals surface area (Å²) in [5.41, 5.74) is 0. The van der Waals surface area contributed by atoms with Crippen LogP contribution in [0.2, 0.25) is 0 Å². The van der Waals surface area contributed by atoms with E-state index in [0.29, 0.717) is 0 Å². The molecule has 0 aromatic carbocycles. The van der Waals surface area contributed by atoms with Gasteiger partial charge in [-0.3, -0.25) is 9.59 Å². The molecule has 0 saturated carbocycles. The van der Waals surface area contributed by atoms with E-state index in [-0.39, 0.29) is 0 Å². The summed E-state index contributed by atoms with van der Waals surface area (Å²) in [6, 6.07) is -3.56. The van der Waals surface area contributed by atoms with E-state index in [2.05, 4.69) is 10.6 Å². The van der Waals surface area contributed by atoms with Crippen LogP contribution in [0.15, 0.2) is 0 Å². The van der Waals surface area contributed by atoms with Gasteiger partial charge in [0.05, 0.1) is 59.5 Å². The van der Waals surface area contributed by atoms with Crippen LogP contribution in [0.1, 0.15) is 13.8 Å². The fraction of sp³-hybridized carbons (Fsp3) is 0.966. The van der Waals surface area contributed by atoms with E-state index in [1.165, 1.54) is 0 Å². The van der Waals surface area contributed by atoms with Crippen molar-refractivity contribution >= 4 is 11.8 Å². The van der Waals surface area contributed by atoms with E-state index < -0.39 is 348 Å². The fourth-order valence-electron chi connectivity index (χ4n) is 13.5. The highest BCUT2D eigenvalue weighted by Crippen LogP contribution is 2.39. The Labute approximate surface area is 598 Å². The maximum atomic E-state index is 12.9. The summed E-state index contributed by atoms with van der Waals surface area (Å²) < 4.78 is 98.9. The van der Waals surface area contributed by atoms with Crippen molar-refractivity contribution in [1.29, 1.82) is 0 Å². The van der Waals surface area contributed by atoms with Crippen LogP contribution in [0, 0.1) is 0 Å². The lowest BCUT2D eigenvalue weighted by molar-refractivity contribution is -0.401. The minimum absolute atomic E-state index is 0.785. The normalized spacial score (nSPS) is 51.2. The zero-order chi connectivity index (χ0) is 77.9. The number of amides is 2. The van der Waals surface area contributed by atoms with Gasteiger partial charge < -0.3 is 229 Å². The molecule has 9 aliphatic rings. The van der Waals surface area contributed by atoms with Crippen molar-refractivity contribution in [3.05, 3.63) is 0 Å². The Morgan fingerprint density at radius 2 is 0.509 bits per heavy atom. The van der Waals surface area contributed by atoms with E-state index in [1.54, 1.807) is 0 Å². The molecule has 48 heteroatoms. The molecule has 9 fully saturated rings. The van der Waals surface area contributed by atoms with Crippen LogP contribution in [0.4, 0.5) is 0 Å². The second-order valence-corrected chi connectivity index (χ2v) is 26.7.